The Morgan fingerprint density at radius 3 is 2.31 bits per heavy atom. The molecule has 3 aromatic carbocycles. The monoisotopic (exact) mass is 611 g/mol. The molecule has 0 atom stereocenters. The number of nitrogens with zero attached hydrogens (tertiary/aromatic N) is 2. The highest BCUT2D eigenvalue weighted by Crippen LogP contribution is 2.25. The van der Waals surface area contributed by atoms with E-state index in [1.165, 1.54) is 25.5 Å². The maximum Gasteiger partial charge on any atom is 0.337 e. The molecule has 0 spiro atoms. The SMILES string of the molecule is COC(=O)c1ccc(/C=N/NC(=O)CN(Cc2ccc(Cl)c(Cl)c2)S(=O)(=O)c2ccc(Br)cc2)cc1. The molecule has 12 heteroatoms. The smallest absolute Gasteiger partial charge is 0.337 e. The number of carbonyl (C=O) groups excluding carboxylic acids is 2. The van der Waals surface area contributed by atoms with E-state index in [-0.39, 0.29) is 16.5 Å². The fraction of sp³-hybridized carbons (Fsp3) is 0.125. The van der Waals surface area contributed by atoms with Gasteiger partial charge in [-0.1, -0.05) is 57.3 Å². The summed E-state index contributed by atoms with van der Waals surface area (Å²) in [5.41, 5.74) is 3.85. The van der Waals surface area contributed by atoms with Crippen LogP contribution >= 0.6 is 39.1 Å². The molecule has 3 rings (SSSR count). The lowest BCUT2D eigenvalue weighted by molar-refractivity contribution is -0.121. The molecule has 0 saturated heterocycles. The zero-order valence-electron chi connectivity index (χ0n) is 18.8. The van der Waals surface area contributed by atoms with E-state index in [0.717, 1.165) is 4.31 Å². The second kappa shape index (κ2) is 12.5. The van der Waals surface area contributed by atoms with Crippen molar-refractivity contribution in [3.05, 3.63) is 97.9 Å². The van der Waals surface area contributed by atoms with Crippen molar-refractivity contribution in [2.75, 3.05) is 13.7 Å². The van der Waals surface area contributed by atoms with Crippen LogP contribution in [0.2, 0.25) is 10.0 Å². The standard InChI is InChI=1S/C24H20BrCl2N3O5S/c1-35-24(32)18-5-2-16(3-6-18)13-28-29-23(31)15-30(14-17-4-11-21(26)22(27)12-17)36(33,34)20-9-7-19(25)8-10-20/h2-13H,14-15H2,1H3,(H,29,31)/b28-13+. The number of amides is 1. The number of sulfonamides is 1. The number of ether oxygens (including phenoxy) is 1. The second-order valence-electron chi connectivity index (χ2n) is 7.38. The fourth-order valence-corrected chi connectivity index (χ4v) is 4.99. The van der Waals surface area contributed by atoms with Crippen molar-refractivity contribution in [3.8, 4) is 0 Å². The van der Waals surface area contributed by atoms with Crippen LogP contribution in [0.25, 0.3) is 0 Å². The number of benzene rings is 3. The molecule has 3 aromatic rings. The topological polar surface area (TPSA) is 105 Å². The molecule has 1 N–H and O–H groups in total. The van der Waals surface area contributed by atoms with Crippen molar-refractivity contribution in [2.45, 2.75) is 11.4 Å². The molecule has 0 aromatic heterocycles. The Kier molecular flexibility index (Phi) is 9.63. The zero-order chi connectivity index (χ0) is 26.3. The van der Waals surface area contributed by atoms with E-state index in [0.29, 0.717) is 26.2 Å². The maximum atomic E-state index is 13.3. The van der Waals surface area contributed by atoms with Crippen molar-refractivity contribution >= 4 is 67.2 Å². The summed E-state index contributed by atoms with van der Waals surface area (Å²) >= 11 is 15.3. The Balaban J connectivity index is 1.77. The highest BCUT2D eigenvalue weighted by molar-refractivity contribution is 9.10. The number of hydrazone groups is 1. The first-order valence-electron chi connectivity index (χ1n) is 10.3. The van der Waals surface area contributed by atoms with Crippen LogP contribution in [-0.4, -0.2) is 44.5 Å². The third-order valence-corrected chi connectivity index (χ3v) is 7.92. The van der Waals surface area contributed by atoms with Crippen LogP contribution in [0.5, 0.6) is 0 Å². The first kappa shape index (κ1) is 27.8. The van der Waals surface area contributed by atoms with Gasteiger partial charge in [-0.3, -0.25) is 4.79 Å². The minimum atomic E-state index is -4.05. The van der Waals surface area contributed by atoms with Crippen molar-refractivity contribution in [1.29, 1.82) is 0 Å². The largest absolute Gasteiger partial charge is 0.465 e. The molecular weight excluding hydrogens is 593 g/mol. The Bertz CT molecular complexity index is 1380. The van der Waals surface area contributed by atoms with E-state index >= 15 is 0 Å². The summed E-state index contributed by atoms with van der Waals surface area (Å²) < 4.78 is 33.1. The Morgan fingerprint density at radius 1 is 1.03 bits per heavy atom. The summed E-state index contributed by atoms with van der Waals surface area (Å²) in [5.74, 6) is -1.13. The molecule has 0 bridgehead atoms. The molecular formula is C24H20BrCl2N3O5S. The highest BCUT2D eigenvalue weighted by Gasteiger charge is 2.27. The van der Waals surface area contributed by atoms with E-state index in [2.05, 4.69) is 31.2 Å². The van der Waals surface area contributed by atoms with E-state index < -0.39 is 28.4 Å². The van der Waals surface area contributed by atoms with Crippen LogP contribution in [0, 0.1) is 0 Å². The van der Waals surface area contributed by atoms with Crippen LogP contribution in [0.4, 0.5) is 0 Å². The van der Waals surface area contributed by atoms with Crippen LogP contribution in [0.1, 0.15) is 21.5 Å². The number of rotatable bonds is 9. The molecule has 36 heavy (non-hydrogen) atoms. The van der Waals surface area contributed by atoms with Crippen molar-refractivity contribution in [3.63, 3.8) is 0 Å². The molecule has 188 valence electrons. The van der Waals surface area contributed by atoms with Crippen molar-refractivity contribution in [2.24, 2.45) is 5.10 Å². The Morgan fingerprint density at radius 2 is 1.69 bits per heavy atom. The Hall–Kier alpha value is -2.76. The number of esters is 1. The molecule has 0 unspecified atom stereocenters. The lowest BCUT2D eigenvalue weighted by atomic mass is 10.1. The zero-order valence-corrected chi connectivity index (χ0v) is 22.7. The summed E-state index contributed by atoms with van der Waals surface area (Å²) in [6.45, 7) is -0.626. The molecule has 0 aliphatic rings. The third kappa shape index (κ3) is 7.37. The van der Waals surface area contributed by atoms with Gasteiger partial charge in [-0.15, -0.1) is 0 Å². The van der Waals surface area contributed by atoms with Crippen LogP contribution < -0.4 is 5.43 Å². The van der Waals surface area contributed by atoms with Gasteiger partial charge in [-0.2, -0.15) is 9.41 Å². The molecule has 0 heterocycles. The molecule has 8 nitrogen and oxygen atoms in total. The van der Waals surface area contributed by atoms with E-state index in [4.69, 9.17) is 23.2 Å². The number of nitrogens with one attached hydrogen (secondary N) is 1. The van der Waals surface area contributed by atoms with Crippen molar-refractivity contribution < 1.29 is 22.7 Å². The lowest BCUT2D eigenvalue weighted by Gasteiger charge is -2.22. The fourth-order valence-electron chi connectivity index (χ4n) is 3.02. The maximum absolute atomic E-state index is 13.3. The average Bonchev–Trinajstić information content (AvgIpc) is 2.86. The van der Waals surface area contributed by atoms with Gasteiger partial charge in [0.2, 0.25) is 10.0 Å². The Labute approximate surface area is 227 Å². The van der Waals surface area contributed by atoms with Crippen LogP contribution in [0.15, 0.2) is 81.2 Å². The van der Waals surface area contributed by atoms with Gasteiger partial charge in [0.15, 0.2) is 0 Å². The number of methoxy groups -OCH3 is 1. The first-order valence-corrected chi connectivity index (χ1v) is 13.3. The summed E-state index contributed by atoms with van der Waals surface area (Å²) in [6, 6.07) is 17.2. The van der Waals surface area contributed by atoms with Gasteiger partial charge in [0, 0.05) is 11.0 Å². The summed E-state index contributed by atoms with van der Waals surface area (Å²) in [6.07, 6.45) is 1.37. The minimum Gasteiger partial charge on any atom is -0.465 e. The second-order valence-corrected chi connectivity index (χ2v) is 11.1. The minimum absolute atomic E-state index is 0.0211. The van der Waals surface area contributed by atoms with Gasteiger partial charge >= 0.3 is 5.97 Å². The van der Waals surface area contributed by atoms with Gasteiger partial charge in [0.25, 0.3) is 5.91 Å². The predicted octanol–water partition coefficient (Wildman–Crippen LogP) is 4.88. The van der Waals surface area contributed by atoms with E-state index in [1.807, 2.05) is 0 Å². The molecule has 0 radical (unpaired) electrons. The number of carbonyl (C=O) groups is 2. The molecule has 0 aliphatic carbocycles. The van der Waals surface area contributed by atoms with Gasteiger partial charge in [0.1, 0.15) is 0 Å². The number of halogens is 3. The molecule has 0 fully saturated rings. The predicted molar refractivity (Wildman–Crippen MR) is 142 cm³/mol. The average molecular weight is 613 g/mol. The summed E-state index contributed by atoms with van der Waals surface area (Å²) in [5, 5.41) is 4.48. The molecule has 1 amide bonds. The van der Waals surface area contributed by atoms with Gasteiger partial charge in [0.05, 0.1) is 40.4 Å². The van der Waals surface area contributed by atoms with E-state index in [1.54, 1.807) is 54.6 Å². The van der Waals surface area contributed by atoms with E-state index in [9.17, 15) is 18.0 Å². The highest BCUT2D eigenvalue weighted by atomic mass is 79.9. The van der Waals surface area contributed by atoms with Crippen molar-refractivity contribution in [1.82, 2.24) is 9.73 Å². The summed E-state index contributed by atoms with van der Waals surface area (Å²) in [4.78, 5) is 24.2. The van der Waals surface area contributed by atoms with Gasteiger partial charge < -0.3 is 4.74 Å². The van der Waals surface area contributed by atoms with Crippen LogP contribution in [-0.2, 0) is 26.1 Å². The summed E-state index contributed by atoms with van der Waals surface area (Å²) in [7, 11) is -2.76. The lowest BCUT2D eigenvalue weighted by Crippen LogP contribution is -2.39. The van der Waals surface area contributed by atoms with Gasteiger partial charge in [-0.25, -0.2) is 18.6 Å². The normalized spacial score (nSPS) is 11.6. The first-order chi connectivity index (χ1) is 17.1. The number of hydrogen-bond donors (Lipinski definition) is 1. The number of hydrogen-bond acceptors (Lipinski definition) is 6. The third-order valence-electron chi connectivity index (χ3n) is 4.85. The molecule has 0 aliphatic heterocycles. The van der Waals surface area contributed by atoms with Crippen LogP contribution in [0.3, 0.4) is 0 Å². The quantitative estimate of drug-likeness (QED) is 0.211. The van der Waals surface area contributed by atoms with Gasteiger partial charge in [-0.05, 0) is 59.7 Å². The molecule has 0 saturated carbocycles.